The van der Waals surface area contributed by atoms with Crippen LogP contribution in [0.1, 0.15) is 20.7 Å². The van der Waals surface area contributed by atoms with Gasteiger partial charge in [0.25, 0.3) is 0 Å². The molecular formula is C9H7Br2NO2. The van der Waals surface area contributed by atoms with Crippen molar-refractivity contribution < 1.29 is 9.59 Å². The second-order valence-electron chi connectivity index (χ2n) is 2.58. The van der Waals surface area contributed by atoms with Crippen LogP contribution in [0.5, 0.6) is 0 Å². The number of Topliss-reactive ketones (excluding diaryl/α,β-unsaturated/α-hetero) is 2. The maximum Gasteiger partial charge on any atom is 0.174 e. The highest BCUT2D eigenvalue weighted by Crippen LogP contribution is 2.07. The SMILES string of the molecule is O=C(CBr)c1cncc(C(=O)CBr)c1. The third-order valence-corrected chi connectivity index (χ3v) is 2.64. The van der Waals surface area contributed by atoms with E-state index in [-0.39, 0.29) is 22.2 Å². The molecule has 0 bridgehead atoms. The molecule has 1 aromatic heterocycles. The van der Waals surface area contributed by atoms with Crippen molar-refractivity contribution in [1.29, 1.82) is 0 Å². The van der Waals surface area contributed by atoms with Crippen LogP contribution in [0.15, 0.2) is 18.5 Å². The average molecular weight is 321 g/mol. The van der Waals surface area contributed by atoms with E-state index in [0.717, 1.165) is 0 Å². The summed E-state index contributed by atoms with van der Waals surface area (Å²) in [5, 5.41) is 0.473. The Balaban J connectivity index is 3.01. The molecule has 0 radical (unpaired) electrons. The molecule has 0 aliphatic heterocycles. The Bertz CT molecular complexity index is 334. The highest BCUT2D eigenvalue weighted by atomic mass is 79.9. The number of rotatable bonds is 4. The molecule has 0 N–H and O–H groups in total. The molecule has 74 valence electrons. The molecule has 1 heterocycles. The van der Waals surface area contributed by atoms with Crippen LogP contribution in [-0.2, 0) is 0 Å². The fraction of sp³-hybridized carbons (Fsp3) is 0.222. The minimum absolute atomic E-state index is 0.0817. The van der Waals surface area contributed by atoms with Gasteiger partial charge in [-0.1, -0.05) is 31.9 Å². The molecule has 0 aliphatic carbocycles. The van der Waals surface area contributed by atoms with Crippen molar-refractivity contribution in [1.82, 2.24) is 4.98 Å². The van der Waals surface area contributed by atoms with E-state index in [9.17, 15) is 9.59 Å². The predicted molar refractivity (Wildman–Crippen MR) is 60.5 cm³/mol. The van der Waals surface area contributed by atoms with Crippen LogP contribution in [0, 0.1) is 0 Å². The molecule has 0 spiro atoms. The average Bonchev–Trinajstić information content (AvgIpc) is 2.27. The molecule has 3 nitrogen and oxygen atoms in total. The van der Waals surface area contributed by atoms with Crippen LogP contribution in [-0.4, -0.2) is 27.2 Å². The zero-order valence-corrected chi connectivity index (χ0v) is 10.3. The van der Waals surface area contributed by atoms with Gasteiger partial charge in [0, 0.05) is 23.5 Å². The number of carbonyl (C=O) groups excluding carboxylic acids is 2. The number of alkyl halides is 2. The topological polar surface area (TPSA) is 47.0 Å². The van der Waals surface area contributed by atoms with Gasteiger partial charge >= 0.3 is 0 Å². The monoisotopic (exact) mass is 319 g/mol. The van der Waals surface area contributed by atoms with E-state index in [1.54, 1.807) is 6.07 Å². The molecule has 0 saturated carbocycles. The summed E-state index contributed by atoms with van der Waals surface area (Å²) < 4.78 is 0. The third kappa shape index (κ3) is 2.72. The summed E-state index contributed by atoms with van der Waals surface area (Å²) in [6.45, 7) is 0. The van der Waals surface area contributed by atoms with E-state index in [0.29, 0.717) is 11.1 Å². The van der Waals surface area contributed by atoms with Crippen LogP contribution in [0.4, 0.5) is 0 Å². The molecule has 0 aromatic carbocycles. The van der Waals surface area contributed by atoms with E-state index >= 15 is 0 Å². The molecule has 5 heteroatoms. The number of pyridine rings is 1. The fourth-order valence-corrected chi connectivity index (χ4v) is 1.55. The van der Waals surface area contributed by atoms with Gasteiger partial charge in [0.05, 0.1) is 10.7 Å². The van der Waals surface area contributed by atoms with Crippen molar-refractivity contribution in [2.45, 2.75) is 0 Å². The van der Waals surface area contributed by atoms with Gasteiger partial charge < -0.3 is 0 Å². The smallest absolute Gasteiger partial charge is 0.174 e. The maximum absolute atomic E-state index is 11.3. The van der Waals surface area contributed by atoms with E-state index in [1.165, 1.54) is 12.4 Å². The lowest BCUT2D eigenvalue weighted by Crippen LogP contribution is -2.06. The van der Waals surface area contributed by atoms with Crippen molar-refractivity contribution in [3.05, 3.63) is 29.6 Å². The van der Waals surface area contributed by atoms with Gasteiger partial charge in [-0.15, -0.1) is 0 Å². The second kappa shape index (κ2) is 5.36. The van der Waals surface area contributed by atoms with Gasteiger partial charge in [-0.3, -0.25) is 14.6 Å². The number of carbonyl (C=O) groups is 2. The van der Waals surface area contributed by atoms with Gasteiger partial charge in [0.15, 0.2) is 11.6 Å². The Hall–Kier alpha value is -0.550. The zero-order valence-electron chi connectivity index (χ0n) is 7.17. The van der Waals surface area contributed by atoms with Crippen molar-refractivity contribution in [2.75, 3.05) is 10.7 Å². The normalized spacial score (nSPS) is 9.86. The summed E-state index contributed by atoms with van der Waals surface area (Å²) in [6.07, 6.45) is 2.91. The zero-order chi connectivity index (χ0) is 10.6. The summed E-state index contributed by atoms with van der Waals surface area (Å²) in [7, 11) is 0. The van der Waals surface area contributed by atoms with Crippen LogP contribution in [0.2, 0.25) is 0 Å². The Morgan fingerprint density at radius 3 is 1.86 bits per heavy atom. The molecule has 0 unspecified atom stereocenters. The number of ketones is 2. The molecule has 0 saturated heterocycles. The van der Waals surface area contributed by atoms with E-state index in [1.807, 2.05) is 0 Å². The molecular weight excluding hydrogens is 314 g/mol. The first-order chi connectivity index (χ1) is 6.69. The predicted octanol–water partition coefficient (Wildman–Crippen LogP) is 2.24. The number of halogens is 2. The van der Waals surface area contributed by atoms with Crippen LogP contribution in [0.25, 0.3) is 0 Å². The van der Waals surface area contributed by atoms with E-state index in [2.05, 4.69) is 36.8 Å². The molecule has 0 atom stereocenters. The van der Waals surface area contributed by atoms with Gasteiger partial charge in [-0.05, 0) is 6.07 Å². The lowest BCUT2D eigenvalue weighted by atomic mass is 10.1. The summed E-state index contributed by atoms with van der Waals surface area (Å²) in [5.41, 5.74) is 0.905. The van der Waals surface area contributed by atoms with Crippen LogP contribution in [0.3, 0.4) is 0 Å². The third-order valence-electron chi connectivity index (χ3n) is 1.62. The summed E-state index contributed by atoms with van der Waals surface area (Å²) in [6, 6.07) is 1.56. The number of nitrogens with zero attached hydrogens (tertiary/aromatic N) is 1. The Morgan fingerprint density at radius 2 is 1.50 bits per heavy atom. The number of aromatic nitrogens is 1. The first kappa shape index (κ1) is 11.5. The van der Waals surface area contributed by atoms with E-state index in [4.69, 9.17) is 0 Å². The first-order valence-corrected chi connectivity index (χ1v) is 6.06. The van der Waals surface area contributed by atoms with Gasteiger partial charge in [0.1, 0.15) is 0 Å². The minimum atomic E-state index is -0.0817. The Kier molecular flexibility index (Phi) is 4.41. The highest BCUT2D eigenvalue weighted by Gasteiger charge is 2.09. The Morgan fingerprint density at radius 1 is 1.07 bits per heavy atom. The highest BCUT2D eigenvalue weighted by molar-refractivity contribution is 9.09. The lowest BCUT2D eigenvalue weighted by molar-refractivity contribution is 0.102. The van der Waals surface area contributed by atoms with Gasteiger partial charge in [-0.25, -0.2) is 0 Å². The quantitative estimate of drug-likeness (QED) is 0.631. The molecule has 14 heavy (non-hydrogen) atoms. The standard InChI is InChI=1S/C9H7Br2NO2/c10-2-8(13)6-1-7(5-12-4-6)9(14)3-11/h1,4-5H,2-3H2. The fourth-order valence-electron chi connectivity index (χ4n) is 0.899. The Labute approximate surface area is 98.2 Å². The summed E-state index contributed by atoms with van der Waals surface area (Å²) in [5.74, 6) is -0.163. The second-order valence-corrected chi connectivity index (χ2v) is 3.70. The lowest BCUT2D eigenvalue weighted by Gasteiger charge is -1.99. The molecule has 0 amide bonds. The first-order valence-electron chi connectivity index (χ1n) is 3.82. The number of hydrogen-bond acceptors (Lipinski definition) is 3. The maximum atomic E-state index is 11.3. The van der Waals surface area contributed by atoms with Crippen molar-refractivity contribution in [3.8, 4) is 0 Å². The van der Waals surface area contributed by atoms with Crippen molar-refractivity contribution in [2.24, 2.45) is 0 Å². The minimum Gasteiger partial charge on any atom is -0.293 e. The van der Waals surface area contributed by atoms with Crippen molar-refractivity contribution >= 4 is 43.4 Å². The summed E-state index contributed by atoms with van der Waals surface area (Å²) in [4.78, 5) is 26.4. The van der Waals surface area contributed by atoms with E-state index < -0.39 is 0 Å². The molecule has 1 aromatic rings. The van der Waals surface area contributed by atoms with Gasteiger partial charge in [0.2, 0.25) is 0 Å². The number of hydrogen-bond donors (Lipinski definition) is 0. The molecule has 0 aliphatic rings. The molecule has 1 rings (SSSR count). The van der Waals surface area contributed by atoms with Crippen molar-refractivity contribution in [3.63, 3.8) is 0 Å². The van der Waals surface area contributed by atoms with Gasteiger partial charge in [-0.2, -0.15) is 0 Å². The van der Waals surface area contributed by atoms with Crippen LogP contribution >= 0.6 is 31.9 Å². The van der Waals surface area contributed by atoms with Crippen LogP contribution < -0.4 is 0 Å². The molecule has 0 fully saturated rings. The summed E-state index contributed by atoms with van der Waals surface area (Å²) >= 11 is 6.12. The largest absolute Gasteiger partial charge is 0.293 e.